The van der Waals surface area contributed by atoms with Crippen molar-refractivity contribution in [3.8, 4) is 17.8 Å². The first-order valence-corrected chi connectivity index (χ1v) is 9.96. The number of aromatic nitrogens is 2. The van der Waals surface area contributed by atoms with Crippen molar-refractivity contribution in [1.29, 1.82) is 5.26 Å². The van der Waals surface area contributed by atoms with Gasteiger partial charge in [-0.25, -0.2) is 0 Å². The molecule has 1 aliphatic rings. The number of anilines is 1. The van der Waals surface area contributed by atoms with Gasteiger partial charge >= 0.3 is 0 Å². The average Bonchev–Trinajstić information content (AvgIpc) is 2.73. The van der Waals surface area contributed by atoms with Gasteiger partial charge in [-0.1, -0.05) is 0 Å². The van der Waals surface area contributed by atoms with E-state index in [2.05, 4.69) is 39.9 Å². The van der Waals surface area contributed by atoms with Crippen molar-refractivity contribution >= 4 is 17.4 Å². The summed E-state index contributed by atoms with van der Waals surface area (Å²) in [4.78, 5) is 14.5. The maximum atomic E-state index is 9.34. The summed E-state index contributed by atoms with van der Waals surface area (Å²) < 4.78 is 10.5. The average molecular weight is 400 g/mol. The lowest BCUT2D eigenvalue weighted by Crippen LogP contribution is -2.42. The van der Waals surface area contributed by atoms with E-state index in [1.54, 1.807) is 20.3 Å². The number of ether oxygens (including phenoxy) is 2. The number of benzene rings is 1. The summed E-state index contributed by atoms with van der Waals surface area (Å²) in [5.74, 6) is 0.887. The SMILES string of the molecule is COc1cc(OC)nc(Sc2cc(C#N)ccc2N2CCC(N(C)C)CC2)n1. The number of nitriles is 1. The summed E-state index contributed by atoms with van der Waals surface area (Å²) in [6, 6.07) is 10.3. The van der Waals surface area contributed by atoms with E-state index in [0.29, 0.717) is 28.5 Å². The van der Waals surface area contributed by atoms with Gasteiger partial charge in [-0.15, -0.1) is 0 Å². The van der Waals surface area contributed by atoms with Crippen molar-refractivity contribution in [3.05, 3.63) is 29.8 Å². The molecule has 8 heteroatoms. The van der Waals surface area contributed by atoms with Gasteiger partial charge in [0, 0.05) is 24.0 Å². The highest BCUT2D eigenvalue weighted by atomic mass is 32.2. The Morgan fingerprint density at radius 3 is 2.29 bits per heavy atom. The zero-order valence-electron chi connectivity index (χ0n) is 16.7. The van der Waals surface area contributed by atoms with Crippen LogP contribution < -0.4 is 14.4 Å². The molecule has 1 aliphatic heterocycles. The van der Waals surface area contributed by atoms with Crippen LogP contribution in [0.3, 0.4) is 0 Å². The van der Waals surface area contributed by atoms with Gasteiger partial charge in [-0.3, -0.25) is 0 Å². The lowest BCUT2D eigenvalue weighted by Gasteiger charge is -2.37. The number of hydrogen-bond donors (Lipinski definition) is 0. The molecule has 0 bridgehead atoms. The molecular formula is C20H25N5O2S. The van der Waals surface area contributed by atoms with Crippen LogP contribution in [0.15, 0.2) is 34.3 Å². The van der Waals surface area contributed by atoms with Crippen molar-refractivity contribution in [2.75, 3.05) is 46.3 Å². The van der Waals surface area contributed by atoms with E-state index in [9.17, 15) is 5.26 Å². The molecule has 1 saturated heterocycles. The number of nitrogens with zero attached hydrogens (tertiary/aromatic N) is 5. The fourth-order valence-corrected chi connectivity index (χ4v) is 4.24. The predicted octanol–water partition coefficient (Wildman–Crippen LogP) is 3.05. The molecule has 1 aromatic heterocycles. The van der Waals surface area contributed by atoms with Crippen LogP contribution in [0.1, 0.15) is 18.4 Å². The van der Waals surface area contributed by atoms with Gasteiger partial charge in [-0.05, 0) is 56.9 Å². The van der Waals surface area contributed by atoms with Gasteiger partial charge in [0.25, 0.3) is 0 Å². The maximum absolute atomic E-state index is 9.34. The third-order valence-electron chi connectivity index (χ3n) is 4.90. The molecule has 0 unspecified atom stereocenters. The molecule has 0 N–H and O–H groups in total. The highest BCUT2D eigenvalue weighted by molar-refractivity contribution is 7.99. The van der Waals surface area contributed by atoms with Crippen LogP contribution in [0.2, 0.25) is 0 Å². The Balaban J connectivity index is 1.89. The molecule has 7 nitrogen and oxygen atoms in total. The smallest absolute Gasteiger partial charge is 0.220 e. The Labute approximate surface area is 170 Å². The molecule has 148 valence electrons. The first-order valence-electron chi connectivity index (χ1n) is 9.14. The highest BCUT2D eigenvalue weighted by Gasteiger charge is 2.23. The zero-order valence-corrected chi connectivity index (χ0v) is 17.5. The number of piperidine rings is 1. The third kappa shape index (κ3) is 4.66. The fraction of sp³-hybridized carbons (Fsp3) is 0.450. The van der Waals surface area contributed by atoms with Crippen molar-refractivity contribution in [2.24, 2.45) is 0 Å². The van der Waals surface area contributed by atoms with E-state index in [0.717, 1.165) is 36.5 Å². The highest BCUT2D eigenvalue weighted by Crippen LogP contribution is 2.37. The molecule has 0 atom stereocenters. The molecule has 2 aromatic rings. The first kappa shape index (κ1) is 20.2. The van der Waals surface area contributed by atoms with Crippen LogP contribution in [0, 0.1) is 11.3 Å². The summed E-state index contributed by atoms with van der Waals surface area (Å²) in [5.41, 5.74) is 1.72. The van der Waals surface area contributed by atoms with Crippen molar-refractivity contribution in [2.45, 2.75) is 28.9 Å². The quantitative estimate of drug-likeness (QED) is 0.686. The molecule has 0 radical (unpaired) electrons. The normalized spacial score (nSPS) is 14.8. The number of hydrogen-bond acceptors (Lipinski definition) is 8. The van der Waals surface area contributed by atoms with Crippen LogP contribution in [-0.2, 0) is 0 Å². The Kier molecular flexibility index (Phi) is 6.60. The Morgan fingerprint density at radius 1 is 1.11 bits per heavy atom. The zero-order chi connectivity index (χ0) is 20.1. The monoisotopic (exact) mass is 399 g/mol. The second kappa shape index (κ2) is 9.13. The standard InChI is InChI=1S/C20H25N5O2S/c1-24(2)15-7-9-25(10-8-15)16-6-5-14(13-21)11-17(16)28-20-22-18(26-3)12-19(23-20)27-4/h5-6,11-12,15H,7-10H2,1-4H3. The van der Waals surface area contributed by atoms with E-state index >= 15 is 0 Å². The number of rotatable bonds is 6. The van der Waals surface area contributed by atoms with E-state index < -0.39 is 0 Å². The molecule has 3 rings (SSSR count). The molecule has 0 amide bonds. The van der Waals surface area contributed by atoms with Crippen LogP contribution in [0.5, 0.6) is 11.8 Å². The lowest BCUT2D eigenvalue weighted by atomic mass is 10.0. The topological polar surface area (TPSA) is 74.5 Å². The summed E-state index contributed by atoms with van der Waals surface area (Å²) in [5, 5.41) is 9.86. The van der Waals surface area contributed by atoms with Crippen LogP contribution in [0.4, 0.5) is 5.69 Å². The second-order valence-electron chi connectivity index (χ2n) is 6.81. The van der Waals surface area contributed by atoms with Crippen LogP contribution >= 0.6 is 11.8 Å². The molecule has 0 spiro atoms. The minimum atomic E-state index is 0.444. The summed E-state index contributed by atoms with van der Waals surface area (Å²) in [6.45, 7) is 1.95. The fourth-order valence-electron chi connectivity index (χ4n) is 3.29. The van der Waals surface area contributed by atoms with Crippen molar-refractivity contribution in [3.63, 3.8) is 0 Å². The minimum Gasteiger partial charge on any atom is -0.481 e. The van der Waals surface area contributed by atoms with Gasteiger partial charge in [0.15, 0.2) is 5.16 Å². The van der Waals surface area contributed by atoms with E-state index in [-0.39, 0.29) is 0 Å². The van der Waals surface area contributed by atoms with Crippen molar-refractivity contribution < 1.29 is 9.47 Å². The largest absolute Gasteiger partial charge is 0.481 e. The van der Waals surface area contributed by atoms with Gasteiger partial charge in [-0.2, -0.15) is 15.2 Å². The third-order valence-corrected chi connectivity index (χ3v) is 5.81. The van der Waals surface area contributed by atoms with Crippen LogP contribution in [0.25, 0.3) is 0 Å². The predicted molar refractivity (Wildman–Crippen MR) is 109 cm³/mol. The second-order valence-corrected chi connectivity index (χ2v) is 7.82. The molecule has 0 aliphatic carbocycles. The minimum absolute atomic E-state index is 0.444. The summed E-state index contributed by atoms with van der Waals surface area (Å²) >= 11 is 1.42. The van der Waals surface area contributed by atoms with Crippen LogP contribution in [-0.4, -0.2) is 62.3 Å². The van der Waals surface area contributed by atoms with Gasteiger partial charge in [0.2, 0.25) is 11.8 Å². The van der Waals surface area contributed by atoms with Crippen molar-refractivity contribution in [1.82, 2.24) is 14.9 Å². The summed E-state index contributed by atoms with van der Waals surface area (Å²) in [6.07, 6.45) is 2.22. The molecule has 28 heavy (non-hydrogen) atoms. The first-order chi connectivity index (χ1) is 13.5. The Bertz CT molecular complexity index is 838. The van der Waals surface area contributed by atoms with E-state index in [4.69, 9.17) is 9.47 Å². The summed E-state index contributed by atoms with van der Waals surface area (Å²) in [7, 11) is 7.40. The Hall–Kier alpha value is -2.50. The van der Waals surface area contributed by atoms with Gasteiger partial charge < -0.3 is 19.3 Å². The van der Waals surface area contributed by atoms with E-state index in [1.807, 2.05) is 18.2 Å². The van der Waals surface area contributed by atoms with Gasteiger partial charge in [0.1, 0.15) is 0 Å². The Morgan fingerprint density at radius 2 is 1.75 bits per heavy atom. The molecule has 1 fully saturated rings. The lowest BCUT2D eigenvalue weighted by molar-refractivity contribution is 0.249. The molecule has 1 aromatic carbocycles. The number of methoxy groups -OCH3 is 2. The van der Waals surface area contributed by atoms with E-state index in [1.165, 1.54) is 11.8 Å². The molecule has 0 saturated carbocycles. The molecular weight excluding hydrogens is 374 g/mol. The van der Waals surface area contributed by atoms with Gasteiger partial charge in [0.05, 0.1) is 37.6 Å². The maximum Gasteiger partial charge on any atom is 0.220 e. The molecule has 2 heterocycles.